The standard InChI is InChI=1S/C17H27N3/c1-3-20-10-15(9-19-20)17(2,18)16-13-5-11-4-12(7-13)8-14(16)6-11/h9-14,16H,3-8,18H2,1-2H3. The van der Waals surface area contributed by atoms with Crippen molar-refractivity contribution >= 4 is 0 Å². The Labute approximate surface area is 121 Å². The summed E-state index contributed by atoms with van der Waals surface area (Å²) in [5.74, 6) is 4.44. The molecule has 5 rings (SSSR count). The minimum atomic E-state index is -0.198. The average molecular weight is 273 g/mol. The van der Waals surface area contributed by atoms with Crippen molar-refractivity contribution in [3.8, 4) is 0 Å². The Kier molecular flexibility index (Phi) is 2.79. The number of nitrogens with two attached hydrogens (primary N) is 1. The van der Waals surface area contributed by atoms with E-state index in [0.717, 1.165) is 30.2 Å². The van der Waals surface area contributed by atoms with E-state index in [2.05, 4.69) is 25.1 Å². The lowest BCUT2D eigenvalue weighted by Crippen LogP contribution is -2.55. The van der Waals surface area contributed by atoms with Crippen molar-refractivity contribution in [2.75, 3.05) is 0 Å². The van der Waals surface area contributed by atoms with E-state index in [1.807, 2.05) is 10.9 Å². The van der Waals surface area contributed by atoms with Gasteiger partial charge in [-0.2, -0.15) is 5.10 Å². The van der Waals surface area contributed by atoms with Crippen LogP contribution < -0.4 is 5.73 Å². The van der Waals surface area contributed by atoms with Gasteiger partial charge in [-0.1, -0.05) is 0 Å². The molecule has 1 aromatic rings. The lowest BCUT2D eigenvalue weighted by atomic mass is 9.48. The molecule has 3 nitrogen and oxygen atoms in total. The number of nitrogens with zero attached hydrogens (tertiary/aromatic N) is 2. The zero-order chi connectivity index (χ0) is 13.9. The zero-order valence-corrected chi connectivity index (χ0v) is 12.8. The summed E-state index contributed by atoms with van der Waals surface area (Å²) in [6.45, 7) is 5.32. The van der Waals surface area contributed by atoms with Gasteiger partial charge in [0.2, 0.25) is 0 Å². The Balaban J connectivity index is 1.65. The topological polar surface area (TPSA) is 43.8 Å². The molecule has 4 aliphatic carbocycles. The van der Waals surface area contributed by atoms with E-state index in [1.54, 1.807) is 0 Å². The first-order chi connectivity index (χ1) is 9.57. The largest absolute Gasteiger partial charge is 0.321 e. The fourth-order valence-electron chi connectivity index (χ4n) is 5.91. The number of aromatic nitrogens is 2. The molecule has 4 fully saturated rings. The van der Waals surface area contributed by atoms with E-state index < -0.39 is 0 Å². The third-order valence-electron chi connectivity index (χ3n) is 6.50. The highest BCUT2D eigenvalue weighted by molar-refractivity contribution is 5.21. The molecule has 20 heavy (non-hydrogen) atoms. The summed E-state index contributed by atoms with van der Waals surface area (Å²) in [5.41, 5.74) is 7.93. The van der Waals surface area contributed by atoms with Gasteiger partial charge in [0, 0.05) is 23.8 Å². The second-order valence-electron chi connectivity index (χ2n) is 7.82. The molecule has 0 spiro atoms. The maximum Gasteiger partial charge on any atom is 0.0540 e. The Morgan fingerprint density at radius 3 is 2.30 bits per heavy atom. The van der Waals surface area contributed by atoms with E-state index in [4.69, 9.17) is 5.73 Å². The molecular formula is C17H27N3. The van der Waals surface area contributed by atoms with Gasteiger partial charge in [0.25, 0.3) is 0 Å². The molecule has 1 unspecified atom stereocenters. The summed E-state index contributed by atoms with van der Waals surface area (Å²) in [5, 5.41) is 4.45. The summed E-state index contributed by atoms with van der Waals surface area (Å²) in [6.07, 6.45) is 11.4. The average Bonchev–Trinajstić information content (AvgIpc) is 2.86. The van der Waals surface area contributed by atoms with Crippen molar-refractivity contribution in [1.29, 1.82) is 0 Å². The SMILES string of the molecule is CCn1cc(C(C)(N)C2C3CC4CC(C3)CC2C4)cn1. The van der Waals surface area contributed by atoms with Crippen LogP contribution in [0.15, 0.2) is 12.4 Å². The molecule has 0 aromatic carbocycles. The summed E-state index contributed by atoms with van der Waals surface area (Å²) < 4.78 is 2.01. The Morgan fingerprint density at radius 1 is 1.20 bits per heavy atom. The van der Waals surface area contributed by atoms with Gasteiger partial charge in [-0.3, -0.25) is 4.68 Å². The minimum Gasteiger partial charge on any atom is -0.321 e. The highest BCUT2D eigenvalue weighted by Gasteiger charge is 2.53. The first kappa shape index (κ1) is 12.9. The van der Waals surface area contributed by atoms with Crippen LogP contribution in [0.4, 0.5) is 0 Å². The third kappa shape index (κ3) is 1.78. The molecule has 0 saturated heterocycles. The van der Waals surface area contributed by atoms with Gasteiger partial charge >= 0.3 is 0 Å². The zero-order valence-electron chi connectivity index (χ0n) is 12.8. The first-order valence-corrected chi connectivity index (χ1v) is 8.39. The fourth-order valence-corrected chi connectivity index (χ4v) is 5.91. The maximum absolute atomic E-state index is 6.88. The van der Waals surface area contributed by atoms with Crippen molar-refractivity contribution in [2.45, 2.75) is 58.0 Å². The van der Waals surface area contributed by atoms with Crippen LogP contribution in [-0.2, 0) is 12.1 Å². The maximum atomic E-state index is 6.88. The van der Waals surface area contributed by atoms with Gasteiger partial charge in [0.15, 0.2) is 0 Å². The van der Waals surface area contributed by atoms with Gasteiger partial charge in [-0.25, -0.2) is 0 Å². The quantitative estimate of drug-likeness (QED) is 0.919. The summed E-state index contributed by atoms with van der Waals surface area (Å²) in [7, 11) is 0. The van der Waals surface area contributed by atoms with Crippen molar-refractivity contribution in [3.05, 3.63) is 18.0 Å². The van der Waals surface area contributed by atoms with Crippen LogP contribution in [0.2, 0.25) is 0 Å². The second kappa shape index (κ2) is 4.33. The molecule has 1 atom stereocenters. The number of rotatable bonds is 3. The van der Waals surface area contributed by atoms with Crippen molar-refractivity contribution < 1.29 is 0 Å². The van der Waals surface area contributed by atoms with Crippen molar-refractivity contribution in [1.82, 2.24) is 9.78 Å². The lowest BCUT2D eigenvalue weighted by molar-refractivity contribution is -0.0677. The van der Waals surface area contributed by atoms with Gasteiger partial charge in [-0.15, -0.1) is 0 Å². The summed E-state index contributed by atoms with van der Waals surface area (Å²) in [6, 6.07) is 0. The predicted molar refractivity (Wildman–Crippen MR) is 80.0 cm³/mol. The van der Waals surface area contributed by atoms with E-state index in [1.165, 1.54) is 37.7 Å². The normalized spacial score (nSPS) is 41.9. The van der Waals surface area contributed by atoms with Crippen LogP contribution in [0.3, 0.4) is 0 Å². The second-order valence-corrected chi connectivity index (χ2v) is 7.82. The Bertz CT molecular complexity index is 474. The Hall–Kier alpha value is -0.830. The van der Waals surface area contributed by atoms with E-state index in [-0.39, 0.29) is 5.54 Å². The van der Waals surface area contributed by atoms with E-state index >= 15 is 0 Å². The van der Waals surface area contributed by atoms with Crippen LogP contribution in [-0.4, -0.2) is 9.78 Å². The predicted octanol–water partition coefficient (Wildman–Crippen LogP) is 3.15. The highest BCUT2D eigenvalue weighted by atomic mass is 15.3. The smallest absolute Gasteiger partial charge is 0.0540 e. The number of aryl methyl sites for hydroxylation is 1. The molecule has 0 radical (unpaired) electrons. The van der Waals surface area contributed by atoms with Gasteiger partial charge in [-0.05, 0) is 75.5 Å². The first-order valence-electron chi connectivity index (χ1n) is 8.39. The lowest BCUT2D eigenvalue weighted by Gasteiger charge is -2.58. The van der Waals surface area contributed by atoms with Crippen LogP contribution in [0.5, 0.6) is 0 Å². The molecule has 4 aliphatic rings. The molecule has 0 aliphatic heterocycles. The van der Waals surface area contributed by atoms with Crippen LogP contribution in [0, 0.1) is 29.6 Å². The number of hydrogen-bond acceptors (Lipinski definition) is 2. The minimum absolute atomic E-state index is 0.198. The fraction of sp³-hybridized carbons (Fsp3) is 0.824. The van der Waals surface area contributed by atoms with Crippen LogP contribution in [0.25, 0.3) is 0 Å². The molecule has 0 amide bonds. The van der Waals surface area contributed by atoms with Crippen LogP contribution >= 0.6 is 0 Å². The molecule has 4 bridgehead atoms. The molecule has 2 N–H and O–H groups in total. The molecule has 1 heterocycles. The van der Waals surface area contributed by atoms with Gasteiger partial charge in [0.05, 0.1) is 6.20 Å². The van der Waals surface area contributed by atoms with Crippen LogP contribution in [0.1, 0.15) is 51.5 Å². The number of hydrogen-bond donors (Lipinski definition) is 1. The molecule has 3 heteroatoms. The summed E-state index contributed by atoms with van der Waals surface area (Å²) >= 11 is 0. The third-order valence-corrected chi connectivity index (χ3v) is 6.50. The van der Waals surface area contributed by atoms with Gasteiger partial charge in [0.1, 0.15) is 0 Å². The van der Waals surface area contributed by atoms with Crippen molar-refractivity contribution in [2.24, 2.45) is 35.3 Å². The van der Waals surface area contributed by atoms with E-state index in [0.29, 0.717) is 5.92 Å². The molecule has 1 aromatic heterocycles. The molecule has 110 valence electrons. The molecular weight excluding hydrogens is 246 g/mol. The molecule has 4 saturated carbocycles. The van der Waals surface area contributed by atoms with Gasteiger partial charge < -0.3 is 5.73 Å². The summed E-state index contributed by atoms with van der Waals surface area (Å²) in [4.78, 5) is 0. The van der Waals surface area contributed by atoms with E-state index in [9.17, 15) is 0 Å². The highest BCUT2D eigenvalue weighted by Crippen LogP contribution is 2.60. The monoisotopic (exact) mass is 273 g/mol. The Morgan fingerprint density at radius 2 is 1.80 bits per heavy atom. The van der Waals surface area contributed by atoms with Crippen molar-refractivity contribution in [3.63, 3.8) is 0 Å².